The van der Waals surface area contributed by atoms with Gasteiger partial charge in [-0.1, -0.05) is 6.07 Å². The van der Waals surface area contributed by atoms with Crippen molar-refractivity contribution < 1.29 is 9.53 Å². The maximum Gasteiger partial charge on any atom is 0.263 e. The van der Waals surface area contributed by atoms with Gasteiger partial charge >= 0.3 is 0 Å². The smallest absolute Gasteiger partial charge is 0.263 e. The minimum atomic E-state index is -0.589. The number of rotatable bonds is 4. The Hall–Kier alpha value is -2.81. The molecule has 2 aromatic rings. The molecule has 1 saturated heterocycles. The fourth-order valence-corrected chi connectivity index (χ4v) is 3.22. The zero-order chi connectivity index (χ0) is 17.8. The number of hydrogen-bond acceptors (Lipinski definition) is 4. The first-order valence-electron chi connectivity index (χ1n) is 8.54. The number of carbonyl (C=O) groups is 1. The zero-order valence-corrected chi connectivity index (χ0v) is 14.5. The SMILES string of the molecule is Cc1cc([C@H]2CCCN(C(=O)[C@@H](C)Oc3cccc(C#N)c3)C2)n[nH]1. The minimum absolute atomic E-state index is 0.0284. The summed E-state index contributed by atoms with van der Waals surface area (Å²) in [7, 11) is 0. The zero-order valence-electron chi connectivity index (χ0n) is 14.5. The number of carbonyl (C=O) groups excluding carboxylic acids is 1. The lowest BCUT2D eigenvalue weighted by molar-refractivity contribution is -0.139. The van der Waals surface area contributed by atoms with E-state index in [4.69, 9.17) is 10.00 Å². The molecule has 0 spiro atoms. The van der Waals surface area contributed by atoms with Crippen molar-refractivity contribution >= 4 is 5.91 Å². The van der Waals surface area contributed by atoms with Crippen molar-refractivity contribution in [3.05, 3.63) is 47.3 Å². The van der Waals surface area contributed by atoms with E-state index < -0.39 is 6.10 Å². The van der Waals surface area contributed by atoms with Crippen LogP contribution in [0.5, 0.6) is 5.75 Å². The molecular formula is C19H22N4O2. The Bertz CT molecular complexity index is 793. The summed E-state index contributed by atoms with van der Waals surface area (Å²) in [6, 6.07) is 11.0. The third-order valence-electron chi connectivity index (χ3n) is 4.50. The quantitative estimate of drug-likeness (QED) is 0.929. The number of benzene rings is 1. The summed E-state index contributed by atoms with van der Waals surface area (Å²) in [4.78, 5) is 14.6. The highest BCUT2D eigenvalue weighted by Gasteiger charge is 2.29. The summed E-state index contributed by atoms with van der Waals surface area (Å²) in [5, 5.41) is 16.3. The first-order chi connectivity index (χ1) is 12.1. The Morgan fingerprint density at radius 1 is 1.48 bits per heavy atom. The molecular weight excluding hydrogens is 316 g/mol. The molecule has 1 aromatic heterocycles. The van der Waals surface area contributed by atoms with E-state index in [1.165, 1.54) is 0 Å². The Morgan fingerprint density at radius 3 is 3.04 bits per heavy atom. The molecule has 0 bridgehead atoms. The van der Waals surface area contributed by atoms with Crippen LogP contribution in [0.25, 0.3) is 0 Å². The molecule has 2 heterocycles. The fraction of sp³-hybridized carbons (Fsp3) is 0.421. The number of H-pyrrole nitrogens is 1. The first-order valence-corrected chi connectivity index (χ1v) is 8.54. The molecule has 6 nitrogen and oxygen atoms in total. The Morgan fingerprint density at radius 2 is 2.32 bits per heavy atom. The van der Waals surface area contributed by atoms with Crippen LogP contribution in [0, 0.1) is 18.3 Å². The lowest BCUT2D eigenvalue weighted by atomic mass is 9.94. The summed E-state index contributed by atoms with van der Waals surface area (Å²) < 4.78 is 5.75. The molecule has 1 N–H and O–H groups in total. The van der Waals surface area contributed by atoms with E-state index >= 15 is 0 Å². The number of aromatic nitrogens is 2. The van der Waals surface area contributed by atoms with E-state index in [0.29, 0.717) is 17.9 Å². The molecule has 1 aliphatic heterocycles. The molecule has 25 heavy (non-hydrogen) atoms. The van der Waals surface area contributed by atoms with Crippen molar-refractivity contribution in [2.45, 2.75) is 38.7 Å². The highest BCUT2D eigenvalue weighted by molar-refractivity contribution is 5.81. The molecule has 0 aliphatic carbocycles. The van der Waals surface area contributed by atoms with Gasteiger partial charge in [0.1, 0.15) is 5.75 Å². The predicted octanol–water partition coefficient (Wildman–Crippen LogP) is 2.76. The third kappa shape index (κ3) is 4.00. The van der Waals surface area contributed by atoms with Crippen molar-refractivity contribution in [1.29, 1.82) is 5.26 Å². The van der Waals surface area contributed by atoms with Crippen LogP contribution in [0.2, 0.25) is 0 Å². The van der Waals surface area contributed by atoms with Crippen molar-refractivity contribution in [3.8, 4) is 11.8 Å². The second-order valence-corrected chi connectivity index (χ2v) is 6.50. The Labute approximate surface area is 147 Å². The number of amides is 1. The number of aryl methyl sites for hydroxylation is 1. The molecule has 0 radical (unpaired) electrons. The van der Waals surface area contributed by atoms with Gasteiger partial charge in [0.25, 0.3) is 5.91 Å². The fourth-order valence-electron chi connectivity index (χ4n) is 3.22. The maximum atomic E-state index is 12.7. The van der Waals surface area contributed by atoms with E-state index in [2.05, 4.69) is 16.3 Å². The van der Waals surface area contributed by atoms with Crippen molar-refractivity contribution in [3.63, 3.8) is 0 Å². The Kier molecular flexibility index (Phi) is 5.03. The van der Waals surface area contributed by atoms with Gasteiger partial charge in [-0.05, 0) is 51.0 Å². The molecule has 0 unspecified atom stereocenters. The van der Waals surface area contributed by atoms with Crippen molar-refractivity contribution in [1.82, 2.24) is 15.1 Å². The molecule has 1 fully saturated rings. The average molecular weight is 338 g/mol. The van der Waals surface area contributed by atoms with Crippen molar-refractivity contribution in [2.75, 3.05) is 13.1 Å². The van der Waals surface area contributed by atoms with Crippen LogP contribution in [0.4, 0.5) is 0 Å². The summed E-state index contributed by atoms with van der Waals surface area (Å²) in [5.41, 5.74) is 2.57. The van der Waals surface area contributed by atoms with E-state index in [-0.39, 0.29) is 11.8 Å². The third-order valence-corrected chi connectivity index (χ3v) is 4.50. The second kappa shape index (κ2) is 7.39. The van der Waals surface area contributed by atoms with Crippen LogP contribution >= 0.6 is 0 Å². The number of ether oxygens (including phenoxy) is 1. The lowest BCUT2D eigenvalue weighted by Gasteiger charge is -2.33. The molecule has 1 aromatic carbocycles. The highest BCUT2D eigenvalue weighted by atomic mass is 16.5. The number of nitrogens with zero attached hydrogens (tertiary/aromatic N) is 3. The number of nitriles is 1. The van der Waals surface area contributed by atoms with Crippen LogP contribution in [0.15, 0.2) is 30.3 Å². The predicted molar refractivity (Wildman–Crippen MR) is 93.1 cm³/mol. The van der Waals surface area contributed by atoms with Gasteiger partial charge in [-0.3, -0.25) is 9.89 Å². The van der Waals surface area contributed by atoms with Gasteiger partial charge in [0, 0.05) is 24.7 Å². The first kappa shape index (κ1) is 17.0. The summed E-state index contributed by atoms with van der Waals surface area (Å²) in [6.45, 7) is 5.14. The van der Waals surface area contributed by atoms with Crippen LogP contribution in [0.3, 0.4) is 0 Å². The van der Waals surface area contributed by atoms with Gasteiger partial charge in [-0.2, -0.15) is 10.4 Å². The van der Waals surface area contributed by atoms with Crippen LogP contribution in [-0.2, 0) is 4.79 Å². The number of likely N-dealkylation sites (tertiary alicyclic amines) is 1. The largest absolute Gasteiger partial charge is 0.481 e. The standard InChI is InChI=1S/C19H22N4O2/c1-13-9-18(22-21-13)16-6-4-8-23(12-16)19(24)14(2)25-17-7-3-5-15(10-17)11-20/h3,5,7,9-10,14,16H,4,6,8,12H2,1-2H3,(H,21,22)/t14-,16+/m1/s1. The van der Waals surface area contributed by atoms with Crippen molar-refractivity contribution in [2.24, 2.45) is 0 Å². The summed E-state index contributed by atoms with van der Waals surface area (Å²) in [5.74, 6) is 0.771. The van der Waals surface area contributed by atoms with Gasteiger partial charge in [-0.25, -0.2) is 0 Å². The average Bonchev–Trinajstić information content (AvgIpc) is 3.07. The minimum Gasteiger partial charge on any atom is -0.481 e. The Balaban J connectivity index is 1.64. The number of hydrogen-bond donors (Lipinski definition) is 1. The molecule has 0 saturated carbocycles. The molecule has 1 amide bonds. The molecule has 130 valence electrons. The topological polar surface area (TPSA) is 82.0 Å². The molecule has 2 atom stereocenters. The van der Waals surface area contributed by atoms with Gasteiger partial charge in [0.15, 0.2) is 6.10 Å². The van der Waals surface area contributed by atoms with E-state index in [9.17, 15) is 4.79 Å². The summed E-state index contributed by atoms with van der Waals surface area (Å²) in [6.07, 6.45) is 1.40. The molecule has 1 aliphatic rings. The lowest BCUT2D eigenvalue weighted by Crippen LogP contribution is -2.45. The second-order valence-electron chi connectivity index (χ2n) is 6.50. The van der Waals surface area contributed by atoms with Gasteiger partial charge in [0.05, 0.1) is 17.3 Å². The van der Waals surface area contributed by atoms with Gasteiger partial charge < -0.3 is 9.64 Å². The maximum absolute atomic E-state index is 12.7. The monoisotopic (exact) mass is 338 g/mol. The van der Waals surface area contributed by atoms with Crippen LogP contribution in [-0.4, -0.2) is 40.2 Å². The van der Waals surface area contributed by atoms with E-state index in [1.54, 1.807) is 31.2 Å². The summed E-state index contributed by atoms with van der Waals surface area (Å²) >= 11 is 0. The van der Waals surface area contributed by atoms with Crippen LogP contribution in [0.1, 0.15) is 42.6 Å². The number of piperidine rings is 1. The molecule has 3 rings (SSSR count). The highest BCUT2D eigenvalue weighted by Crippen LogP contribution is 2.26. The van der Waals surface area contributed by atoms with E-state index in [0.717, 1.165) is 30.8 Å². The normalized spacial score (nSPS) is 18.4. The van der Waals surface area contributed by atoms with Gasteiger partial charge in [-0.15, -0.1) is 0 Å². The van der Waals surface area contributed by atoms with E-state index in [1.807, 2.05) is 17.9 Å². The number of nitrogens with one attached hydrogen (secondary N) is 1. The van der Waals surface area contributed by atoms with Crippen LogP contribution < -0.4 is 4.74 Å². The number of aromatic amines is 1. The molecule has 6 heteroatoms. The van der Waals surface area contributed by atoms with Gasteiger partial charge in [0.2, 0.25) is 0 Å².